The van der Waals surface area contributed by atoms with Crippen LogP contribution in [0.25, 0.3) is 0 Å². The van der Waals surface area contributed by atoms with Crippen molar-refractivity contribution in [2.45, 2.75) is 25.9 Å². The van der Waals surface area contributed by atoms with E-state index in [2.05, 4.69) is 10.6 Å². The number of nitro groups is 1. The van der Waals surface area contributed by atoms with Crippen LogP contribution in [0.5, 0.6) is 0 Å². The van der Waals surface area contributed by atoms with E-state index in [1.807, 2.05) is 6.07 Å². The average molecular weight is 366 g/mol. The Labute approximate surface area is 156 Å². The maximum absolute atomic E-state index is 12.3. The summed E-state index contributed by atoms with van der Waals surface area (Å²) >= 11 is 0. The van der Waals surface area contributed by atoms with Crippen molar-refractivity contribution in [2.75, 3.05) is 0 Å². The number of carbonyl (C=O) groups is 2. The number of non-ortho nitro benzene ring substituents is 1. The van der Waals surface area contributed by atoms with E-state index in [4.69, 9.17) is 5.26 Å². The third-order valence-corrected chi connectivity index (χ3v) is 3.96. The molecule has 2 amide bonds. The molecule has 0 radical (unpaired) electrons. The Morgan fingerprint density at radius 3 is 2.37 bits per heavy atom. The number of nitriles is 1. The van der Waals surface area contributed by atoms with Gasteiger partial charge in [0.15, 0.2) is 0 Å². The summed E-state index contributed by atoms with van der Waals surface area (Å²) in [6.45, 7) is 3.31. The Kier molecular flexibility index (Phi) is 6.23. The van der Waals surface area contributed by atoms with Gasteiger partial charge in [0.05, 0.1) is 22.6 Å². The Hall–Kier alpha value is -3.73. The average Bonchev–Trinajstić information content (AvgIpc) is 2.67. The highest BCUT2D eigenvalue weighted by molar-refractivity contribution is 5.97. The number of nitrogens with one attached hydrogen (secondary N) is 2. The zero-order chi connectivity index (χ0) is 20.0. The van der Waals surface area contributed by atoms with Crippen molar-refractivity contribution < 1.29 is 14.5 Å². The fourth-order valence-electron chi connectivity index (χ4n) is 2.37. The van der Waals surface area contributed by atoms with Crippen molar-refractivity contribution in [3.05, 3.63) is 75.3 Å². The predicted octanol–water partition coefficient (Wildman–Crippen LogP) is 2.46. The lowest BCUT2D eigenvalue weighted by molar-refractivity contribution is -0.384. The minimum atomic E-state index is -0.836. The van der Waals surface area contributed by atoms with Crippen molar-refractivity contribution in [1.82, 2.24) is 10.6 Å². The van der Waals surface area contributed by atoms with Crippen LogP contribution in [0.15, 0.2) is 48.5 Å². The Bertz CT molecular complexity index is 903. The lowest BCUT2D eigenvalue weighted by Crippen LogP contribution is -2.45. The van der Waals surface area contributed by atoms with E-state index in [1.54, 1.807) is 31.2 Å². The summed E-state index contributed by atoms with van der Waals surface area (Å²) in [6.07, 6.45) is 0. The highest BCUT2D eigenvalue weighted by Crippen LogP contribution is 2.14. The second kappa shape index (κ2) is 8.58. The molecule has 2 aromatic carbocycles. The summed E-state index contributed by atoms with van der Waals surface area (Å²) in [5.41, 5.74) is 1.24. The molecule has 0 aliphatic carbocycles. The third-order valence-electron chi connectivity index (χ3n) is 3.96. The van der Waals surface area contributed by atoms with Crippen LogP contribution in [0.3, 0.4) is 0 Å². The van der Waals surface area contributed by atoms with Gasteiger partial charge in [0.25, 0.3) is 11.6 Å². The SMILES string of the molecule is CC(NC(=O)c1cccc([N+](=O)[O-])c1)C(=O)NC(C)c1ccc(C#N)cc1. The molecule has 138 valence electrons. The molecule has 0 saturated heterocycles. The first-order chi connectivity index (χ1) is 12.8. The first kappa shape index (κ1) is 19.6. The highest BCUT2D eigenvalue weighted by Gasteiger charge is 2.20. The molecule has 0 fully saturated rings. The molecule has 2 atom stereocenters. The lowest BCUT2D eigenvalue weighted by atomic mass is 10.1. The molecule has 0 aromatic heterocycles. The van der Waals surface area contributed by atoms with Crippen molar-refractivity contribution in [3.63, 3.8) is 0 Å². The number of amides is 2. The number of carbonyl (C=O) groups excluding carboxylic acids is 2. The number of hydrogen-bond acceptors (Lipinski definition) is 5. The smallest absolute Gasteiger partial charge is 0.270 e. The standard InChI is InChI=1S/C19H18N4O4/c1-12(15-8-6-14(11-20)7-9-15)21-18(24)13(2)22-19(25)16-4-3-5-17(10-16)23(26)27/h3-10,12-13H,1-2H3,(H,21,24)(H,22,25). The zero-order valence-electron chi connectivity index (χ0n) is 14.8. The number of hydrogen-bond donors (Lipinski definition) is 2. The minimum Gasteiger partial charge on any atom is -0.348 e. The molecule has 0 heterocycles. The van der Waals surface area contributed by atoms with Gasteiger partial charge in [-0.15, -0.1) is 0 Å². The van der Waals surface area contributed by atoms with Crippen molar-refractivity contribution >= 4 is 17.5 Å². The van der Waals surface area contributed by atoms with E-state index in [0.717, 1.165) is 11.6 Å². The summed E-state index contributed by atoms with van der Waals surface area (Å²) < 4.78 is 0. The van der Waals surface area contributed by atoms with E-state index >= 15 is 0 Å². The largest absolute Gasteiger partial charge is 0.348 e. The quantitative estimate of drug-likeness (QED) is 0.600. The van der Waals surface area contributed by atoms with Gasteiger partial charge in [-0.05, 0) is 37.6 Å². The fourth-order valence-corrected chi connectivity index (χ4v) is 2.37. The molecule has 2 N–H and O–H groups in total. The van der Waals surface area contributed by atoms with E-state index in [0.29, 0.717) is 5.56 Å². The molecule has 0 saturated carbocycles. The van der Waals surface area contributed by atoms with Crippen molar-refractivity contribution in [1.29, 1.82) is 5.26 Å². The van der Waals surface area contributed by atoms with E-state index in [9.17, 15) is 19.7 Å². The van der Waals surface area contributed by atoms with Crippen molar-refractivity contribution in [2.24, 2.45) is 0 Å². The minimum absolute atomic E-state index is 0.101. The lowest BCUT2D eigenvalue weighted by Gasteiger charge is -2.19. The summed E-state index contributed by atoms with van der Waals surface area (Å²) in [5.74, 6) is -0.974. The fraction of sp³-hybridized carbons (Fsp3) is 0.211. The van der Waals surface area contributed by atoms with Crippen LogP contribution in [0, 0.1) is 21.4 Å². The van der Waals surface area contributed by atoms with Gasteiger partial charge in [-0.2, -0.15) is 5.26 Å². The maximum atomic E-state index is 12.3. The van der Waals surface area contributed by atoms with E-state index in [-0.39, 0.29) is 17.3 Å². The van der Waals surface area contributed by atoms with Gasteiger partial charge in [-0.1, -0.05) is 18.2 Å². The third kappa shape index (κ3) is 5.12. The van der Waals surface area contributed by atoms with Gasteiger partial charge in [-0.25, -0.2) is 0 Å². The molecule has 2 unspecified atom stereocenters. The predicted molar refractivity (Wildman–Crippen MR) is 97.7 cm³/mol. The first-order valence-corrected chi connectivity index (χ1v) is 8.17. The van der Waals surface area contributed by atoms with Crippen LogP contribution >= 0.6 is 0 Å². The molecule has 0 bridgehead atoms. The molecule has 0 aliphatic heterocycles. The second-order valence-electron chi connectivity index (χ2n) is 5.97. The zero-order valence-corrected chi connectivity index (χ0v) is 14.8. The van der Waals surface area contributed by atoms with Gasteiger partial charge in [0, 0.05) is 17.7 Å². The Balaban J connectivity index is 1.98. The van der Waals surface area contributed by atoms with Crippen LogP contribution in [0.4, 0.5) is 5.69 Å². The topological polar surface area (TPSA) is 125 Å². The number of rotatable bonds is 6. The number of benzene rings is 2. The summed E-state index contributed by atoms with van der Waals surface area (Å²) in [5, 5.41) is 24.9. The molecule has 0 aliphatic rings. The maximum Gasteiger partial charge on any atom is 0.270 e. The molecular formula is C19H18N4O4. The Morgan fingerprint density at radius 1 is 1.11 bits per heavy atom. The molecule has 27 heavy (non-hydrogen) atoms. The van der Waals surface area contributed by atoms with Gasteiger partial charge in [0.1, 0.15) is 6.04 Å². The Morgan fingerprint density at radius 2 is 1.78 bits per heavy atom. The van der Waals surface area contributed by atoms with E-state index < -0.39 is 22.8 Å². The molecule has 8 heteroatoms. The van der Waals surface area contributed by atoms with Crippen LogP contribution < -0.4 is 10.6 Å². The second-order valence-corrected chi connectivity index (χ2v) is 5.97. The molecule has 0 spiro atoms. The van der Waals surface area contributed by atoms with Crippen LogP contribution in [0.2, 0.25) is 0 Å². The van der Waals surface area contributed by atoms with Crippen LogP contribution in [0.1, 0.15) is 41.4 Å². The summed E-state index contributed by atoms with van der Waals surface area (Å²) in [6, 6.07) is 13.0. The van der Waals surface area contributed by atoms with Crippen LogP contribution in [-0.4, -0.2) is 22.8 Å². The van der Waals surface area contributed by atoms with Gasteiger partial charge < -0.3 is 10.6 Å². The molecule has 2 rings (SSSR count). The normalized spacial score (nSPS) is 12.3. The summed E-state index contributed by atoms with van der Waals surface area (Å²) in [4.78, 5) is 34.7. The summed E-state index contributed by atoms with van der Waals surface area (Å²) in [7, 11) is 0. The highest BCUT2D eigenvalue weighted by atomic mass is 16.6. The van der Waals surface area contributed by atoms with Gasteiger partial charge in [-0.3, -0.25) is 19.7 Å². The van der Waals surface area contributed by atoms with Crippen molar-refractivity contribution in [3.8, 4) is 6.07 Å². The van der Waals surface area contributed by atoms with Crippen LogP contribution in [-0.2, 0) is 4.79 Å². The van der Waals surface area contributed by atoms with E-state index in [1.165, 1.54) is 25.1 Å². The molecular weight excluding hydrogens is 348 g/mol. The molecule has 2 aromatic rings. The first-order valence-electron chi connectivity index (χ1n) is 8.17. The van der Waals surface area contributed by atoms with Gasteiger partial charge in [0.2, 0.25) is 5.91 Å². The number of nitro benzene ring substituents is 1. The van der Waals surface area contributed by atoms with Gasteiger partial charge >= 0.3 is 0 Å². The molecule has 8 nitrogen and oxygen atoms in total. The monoisotopic (exact) mass is 366 g/mol. The number of nitrogens with zero attached hydrogens (tertiary/aromatic N) is 2.